The van der Waals surface area contributed by atoms with Gasteiger partial charge in [-0.2, -0.15) is 0 Å². The normalized spacial score (nSPS) is 27.4. The van der Waals surface area contributed by atoms with E-state index in [0.717, 1.165) is 0 Å². The van der Waals surface area contributed by atoms with E-state index in [-0.39, 0.29) is 24.2 Å². The van der Waals surface area contributed by atoms with Crippen LogP contribution in [0.1, 0.15) is 6.23 Å². The maximum absolute atomic E-state index is 12.3. The second-order valence-electron chi connectivity index (χ2n) is 5.14. The molecule has 0 aromatic carbocycles. The van der Waals surface area contributed by atoms with Gasteiger partial charge in [0.1, 0.15) is 24.6 Å². The molecule has 3 heterocycles. The Bertz CT molecular complexity index is 808. The standard InChI is InChI=1S/C14H16N4O5/c1-3-4-17-6-16-12-9(13(17)21)15-7-18(12)14-11(22-2)10(20)8(5-19)23-14/h1,6-8,10-11,14,19-20H,4-5H2,2H3/t8-,10-,11-,14-/m1/s1. The number of ether oxygens (including phenoxy) is 2. The van der Waals surface area contributed by atoms with Crippen LogP contribution in [0.5, 0.6) is 0 Å². The van der Waals surface area contributed by atoms with E-state index in [1.165, 1.54) is 28.9 Å². The molecule has 0 amide bonds. The number of aliphatic hydroxyl groups excluding tert-OH is 2. The number of hydrogen-bond acceptors (Lipinski definition) is 7. The molecule has 0 saturated carbocycles. The van der Waals surface area contributed by atoms with Gasteiger partial charge in [0, 0.05) is 7.11 Å². The molecule has 0 aliphatic carbocycles. The number of terminal acetylenes is 1. The Hall–Kier alpha value is -2.25. The number of aliphatic hydroxyl groups is 2. The molecule has 122 valence electrons. The molecule has 0 unspecified atom stereocenters. The molecule has 1 aliphatic heterocycles. The van der Waals surface area contributed by atoms with Gasteiger partial charge in [-0.25, -0.2) is 9.97 Å². The lowest BCUT2D eigenvalue weighted by molar-refractivity contribution is -0.0583. The maximum Gasteiger partial charge on any atom is 0.282 e. The van der Waals surface area contributed by atoms with Crippen molar-refractivity contribution in [2.75, 3.05) is 13.7 Å². The summed E-state index contributed by atoms with van der Waals surface area (Å²) in [6, 6.07) is 0. The minimum absolute atomic E-state index is 0.0978. The molecular formula is C14H16N4O5. The molecule has 9 heteroatoms. The van der Waals surface area contributed by atoms with Crippen LogP contribution < -0.4 is 5.56 Å². The van der Waals surface area contributed by atoms with Gasteiger partial charge in [-0.15, -0.1) is 6.42 Å². The molecule has 1 fully saturated rings. The smallest absolute Gasteiger partial charge is 0.282 e. The van der Waals surface area contributed by atoms with Crippen molar-refractivity contribution in [3.05, 3.63) is 23.0 Å². The van der Waals surface area contributed by atoms with Crippen molar-refractivity contribution in [3.8, 4) is 12.3 Å². The number of aromatic nitrogens is 4. The molecule has 2 aromatic rings. The van der Waals surface area contributed by atoms with Crippen LogP contribution in [0.25, 0.3) is 11.2 Å². The van der Waals surface area contributed by atoms with E-state index in [2.05, 4.69) is 15.9 Å². The fourth-order valence-corrected chi connectivity index (χ4v) is 2.69. The summed E-state index contributed by atoms with van der Waals surface area (Å²) in [5, 5.41) is 19.4. The van der Waals surface area contributed by atoms with E-state index in [1.54, 1.807) is 0 Å². The summed E-state index contributed by atoms with van der Waals surface area (Å²) in [6.07, 6.45) is 4.66. The lowest BCUT2D eigenvalue weighted by Gasteiger charge is -2.19. The predicted octanol–water partition coefficient (Wildman–Crippen LogP) is -1.51. The fourth-order valence-electron chi connectivity index (χ4n) is 2.69. The SMILES string of the molecule is C#CCn1cnc2c(ncn2[C@@H]2O[C@H](CO)[C@@H](O)[C@H]2OC)c1=O. The number of hydrogen-bond donors (Lipinski definition) is 2. The highest BCUT2D eigenvalue weighted by atomic mass is 16.6. The van der Waals surface area contributed by atoms with Gasteiger partial charge < -0.3 is 19.7 Å². The van der Waals surface area contributed by atoms with Crippen LogP contribution in [-0.2, 0) is 16.0 Å². The lowest BCUT2D eigenvalue weighted by Crippen LogP contribution is -2.34. The second kappa shape index (κ2) is 6.10. The van der Waals surface area contributed by atoms with Crippen molar-refractivity contribution in [2.24, 2.45) is 0 Å². The molecular weight excluding hydrogens is 304 g/mol. The summed E-state index contributed by atoms with van der Waals surface area (Å²) in [6.45, 7) is -0.257. The van der Waals surface area contributed by atoms with Crippen LogP contribution in [0, 0.1) is 12.3 Å². The minimum atomic E-state index is -1.01. The van der Waals surface area contributed by atoms with Crippen LogP contribution >= 0.6 is 0 Å². The number of fused-ring (bicyclic) bond motifs is 1. The van der Waals surface area contributed by atoms with Crippen LogP contribution in [-0.4, -0.2) is 61.3 Å². The Kier molecular flexibility index (Phi) is 4.14. The van der Waals surface area contributed by atoms with Crippen molar-refractivity contribution in [1.29, 1.82) is 0 Å². The average molecular weight is 320 g/mol. The molecule has 2 N–H and O–H groups in total. The first-order valence-electron chi connectivity index (χ1n) is 6.95. The van der Waals surface area contributed by atoms with Gasteiger partial charge in [0.2, 0.25) is 0 Å². The summed E-state index contributed by atoms with van der Waals surface area (Å²) in [5.41, 5.74) is 0.0715. The van der Waals surface area contributed by atoms with Crippen LogP contribution in [0.4, 0.5) is 0 Å². The Morgan fingerprint density at radius 2 is 2.26 bits per heavy atom. The van der Waals surface area contributed by atoms with E-state index in [4.69, 9.17) is 15.9 Å². The quantitative estimate of drug-likeness (QED) is 0.659. The average Bonchev–Trinajstić information content (AvgIpc) is 3.11. The summed E-state index contributed by atoms with van der Waals surface area (Å²) in [7, 11) is 1.43. The molecule has 9 nitrogen and oxygen atoms in total. The van der Waals surface area contributed by atoms with Gasteiger partial charge in [-0.1, -0.05) is 5.92 Å². The zero-order valence-electron chi connectivity index (χ0n) is 12.4. The van der Waals surface area contributed by atoms with Crippen LogP contribution in [0.2, 0.25) is 0 Å². The van der Waals surface area contributed by atoms with E-state index < -0.39 is 24.5 Å². The Balaban J connectivity index is 2.06. The third-order valence-electron chi connectivity index (χ3n) is 3.85. The first kappa shape index (κ1) is 15.6. The van der Waals surface area contributed by atoms with Crippen molar-refractivity contribution in [3.63, 3.8) is 0 Å². The number of rotatable bonds is 4. The highest BCUT2D eigenvalue weighted by Gasteiger charge is 2.45. The molecule has 1 saturated heterocycles. The maximum atomic E-state index is 12.3. The third-order valence-corrected chi connectivity index (χ3v) is 3.85. The zero-order chi connectivity index (χ0) is 16.6. The first-order valence-corrected chi connectivity index (χ1v) is 6.95. The highest BCUT2D eigenvalue weighted by molar-refractivity contribution is 5.69. The molecule has 0 bridgehead atoms. The Labute approximate surface area is 131 Å². The number of methoxy groups -OCH3 is 1. The summed E-state index contributed by atoms with van der Waals surface area (Å²) in [4.78, 5) is 20.5. The zero-order valence-corrected chi connectivity index (χ0v) is 12.4. The number of nitrogens with zero attached hydrogens (tertiary/aromatic N) is 4. The Morgan fingerprint density at radius 3 is 2.91 bits per heavy atom. The van der Waals surface area contributed by atoms with Crippen molar-refractivity contribution < 1.29 is 19.7 Å². The van der Waals surface area contributed by atoms with Crippen LogP contribution in [0.3, 0.4) is 0 Å². The molecule has 0 spiro atoms. The summed E-state index contributed by atoms with van der Waals surface area (Å²) < 4.78 is 13.7. The van der Waals surface area contributed by atoms with Crippen LogP contribution in [0.15, 0.2) is 17.4 Å². The minimum Gasteiger partial charge on any atom is -0.394 e. The summed E-state index contributed by atoms with van der Waals surface area (Å²) >= 11 is 0. The first-order chi connectivity index (χ1) is 11.1. The van der Waals surface area contributed by atoms with Gasteiger partial charge in [-0.3, -0.25) is 13.9 Å². The molecule has 1 aliphatic rings. The predicted molar refractivity (Wildman–Crippen MR) is 78.4 cm³/mol. The van der Waals surface area contributed by atoms with Gasteiger partial charge in [0.05, 0.1) is 19.5 Å². The van der Waals surface area contributed by atoms with E-state index >= 15 is 0 Å². The van der Waals surface area contributed by atoms with Crippen molar-refractivity contribution in [1.82, 2.24) is 19.1 Å². The van der Waals surface area contributed by atoms with Gasteiger partial charge in [-0.05, 0) is 0 Å². The summed E-state index contributed by atoms with van der Waals surface area (Å²) in [5.74, 6) is 2.37. The molecule has 3 rings (SSSR count). The topological polar surface area (TPSA) is 112 Å². The van der Waals surface area contributed by atoms with E-state index in [1.807, 2.05) is 0 Å². The molecule has 4 atom stereocenters. The molecule has 2 aromatic heterocycles. The van der Waals surface area contributed by atoms with Gasteiger partial charge in [0.25, 0.3) is 5.56 Å². The molecule has 23 heavy (non-hydrogen) atoms. The van der Waals surface area contributed by atoms with Crippen molar-refractivity contribution >= 4 is 11.2 Å². The second-order valence-corrected chi connectivity index (χ2v) is 5.14. The van der Waals surface area contributed by atoms with Crippen molar-refractivity contribution in [2.45, 2.75) is 31.1 Å². The van der Waals surface area contributed by atoms with Gasteiger partial charge in [0.15, 0.2) is 17.4 Å². The lowest BCUT2D eigenvalue weighted by atomic mass is 10.1. The third kappa shape index (κ3) is 2.42. The van der Waals surface area contributed by atoms with E-state index in [0.29, 0.717) is 5.65 Å². The highest BCUT2D eigenvalue weighted by Crippen LogP contribution is 2.32. The van der Waals surface area contributed by atoms with Gasteiger partial charge >= 0.3 is 0 Å². The largest absolute Gasteiger partial charge is 0.394 e. The molecule has 0 radical (unpaired) electrons. The fraction of sp³-hybridized carbons (Fsp3) is 0.500. The number of imidazole rings is 1. The monoisotopic (exact) mass is 320 g/mol. The Morgan fingerprint density at radius 1 is 1.48 bits per heavy atom. The van der Waals surface area contributed by atoms with E-state index in [9.17, 15) is 15.0 Å².